The van der Waals surface area contributed by atoms with Gasteiger partial charge in [0.15, 0.2) is 11.5 Å². The second-order valence-corrected chi connectivity index (χ2v) is 12.8. The van der Waals surface area contributed by atoms with Crippen molar-refractivity contribution in [3.63, 3.8) is 0 Å². The molecule has 6 rings (SSSR count). The van der Waals surface area contributed by atoms with Gasteiger partial charge < -0.3 is 37.6 Å². The molecule has 5 aromatic rings. The summed E-state index contributed by atoms with van der Waals surface area (Å²) in [7, 11) is 0. The van der Waals surface area contributed by atoms with Crippen LogP contribution in [0.1, 0.15) is 63.6 Å². The van der Waals surface area contributed by atoms with E-state index < -0.39 is 59.2 Å². The predicted molar refractivity (Wildman–Crippen MR) is 200 cm³/mol. The number of hydrogen-bond acceptors (Lipinski definition) is 16. The number of Topliss-reactive ketones (excluding diaryl/α,β-unsaturated/α-hetero) is 1. The van der Waals surface area contributed by atoms with Gasteiger partial charge in [0.25, 0.3) is 0 Å². The maximum Gasteiger partial charge on any atom is 0.308 e. The van der Waals surface area contributed by atoms with Gasteiger partial charge in [0.05, 0.1) is 0 Å². The summed E-state index contributed by atoms with van der Waals surface area (Å²) >= 11 is 0. The van der Waals surface area contributed by atoms with Gasteiger partial charge in [-0.1, -0.05) is 6.07 Å². The molecule has 0 bridgehead atoms. The Morgan fingerprint density at radius 2 is 1.16 bits per heavy atom. The molecule has 2 heterocycles. The summed E-state index contributed by atoms with van der Waals surface area (Å²) in [6.07, 6.45) is -3.06. The number of esters is 6. The molecule has 1 aromatic heterocycles. The number of hydrogen-bond donors (Lipinski definition) is 0. The Bertz CT molecular complexity index is 2620. The van der Waals surface area contributed by atoms with E-state index in [2.05, 4.69) is 0 Å². The standard InChI is InChI=1S/C42H32O16/c1-19(43)51-28-10-7-25(8-11-28)33-18-31(49)38-34(54-22(4)46)14-27(15-35(38)57-33)30-13-26(9-12-32(30)53-21(3)45)41-42(56-24(6)48)40(50)39-36(55-23(5)47)16-29(52-20(2)44)17-37(39)58-41/h7-18,41-42H,1-6H3/t41-,42+/m1/s1. The molecule has 0 saturated carbocycles. The van der Waals surface area contributed by atoms with Crippen molar-refractivity contribution >= 4 is 52.6 Å². The largest absolute Gasteiger partial charge is 0.480 e. The van der Waals surface area contributed by atoms with Crippen LogP contribution in [0.25, 0.3) is 33.4 Å². The van der Waals surface area contributed by atoms with Gasteiger partial charge in [-0.2, -0.15) is 0 Å². The summed E-state index contributed by atoms with van der Waals surface area (Å²) in [5.41, 5.74) is 0.0499. The number of carbonyl (C=O) groups excluding carboxylic acids is 7. The first-order valence-electron chi connectivity index (χ1n) is 17.3. The molecule has 0 aliphatic carbocycles. The molecule has 58 heavy (non-hydrogen) atoms. The molecule has 0 amide bonds. The third-order valence-corrected chi connectivity index (χ3v) is 8.23. The average molecular weight is 793 g/mol. The zero-order valence-corrected chi connectivity index (χ0v) is 31.6. The first-order valence-corrected chi connectivity index (χ1v) is 17.3. The lowest BCUT2D eigenvalue weighted by Gasteiger charge is -2.33. The van der Waals surface area contributed by atoms with Gasteiger partial charge in [0.1, 0.15) is 56.8 Å². The Balaban J connectivity index is 1.54. The highest BCUT2D eigenvalue weighted by molar-refractivity contribution is 6.07. The molecule has 296 valence electrons. The van der Waals surface area contributed by atoms with Crippen molar-refractivity contribution < 1.29 is 71.1 Å². The molecular formula is C42H32O16. The minimum absolute atomic E-state index is 0.0233. The molecule has 1 aliphatic heterocycles. The fourth-order valence-corrected chi connectivity index (χ4v) is 6.21. The van der Waals surface area contributed by atoms with Crippen LogP contribution in [0.15, 0.2) is 82.0 Å². The Morgan fingerprint density at radius 1 is 0.552 bits per heavy atom. The maximum absolute atomic E-state index is 14.1. The third-order valence-electron chi connectivity index (χ3n) is 8.23. The molecule has 1 aliphatic rings. The molecule has 0 radical (unpaired) electrons. The van der Waals surface area contributed by atoms with Gasteiger partial charge in [0, 0.05) is 70.9 Å². The van der Waals surface area contributed by atoms with Crippen molar-refractivity contribution in [2.24, 2.45) is 0 Å². The van der Waals surface area contributed by atoms with E-state index in [0.717, 1.165) is 33.8 Å². The number of benzene rings is 4. The fraction of sp³-hybridized carbons (Fsp3) is 0.190. The van der Waals surface area contributed by atoms with Crippen LogP contribution in [-0.4, -0.2) is 47.7 Å². The average Bonchev–Trinajstić information content (AvgIpc) is 3.11. The van der Waals surface area contributed by atoms with Crippen molar-refractivity contribution in [1.82, 2.24) is 0 Å². The van der Waals surface area contributed by atoms with E-state index in [4.69, 9.17) is 37.6 Å². The summed E-state index contributed by atoms with van der Waals surface area (Å²) in [5, 5.41) is -0.0932. The van der Waals surface area contributed by atoms with Crippen molar-refractivity contribution in [1.29, 1.82) is 0 Å². The Hall–Kier alpha value is -7.62. The molecule has 16 heteroatoms. The normalized spacial score (nSPS) is 14.3. The zero-order valence-electron chi connectivity index (χ0n) is 31.6. The van der Waals surface area contributed by atoms with Gasteiger partial charge in [-0.05, 0) is 59.7 Å². The van der Waals surface area contributed by atoms with E-state index in [9.17, 15) is 38.4 Å². The number of carbonyl (C=O) groups is 7. The molecule has 4 aromatic carbocycles. The van der Waals surface area contributed by atoms with Crippen LogP contribution in [0.2, 0.25) is 0 Å². The molecule has 16 nitrogen and oxygen atoms in total. The number of ether oxygens (including phenoxy) is 7. The number of ketones is 1. The lowest BCUT2D eigenvalue weighted by Crippen LogP contribution is -2.40. The molecular weight excluding hydrogens is 760 g/mol. The second kappa shape index (κ2) is 16.2. The van der Waals surface area contributed by atoms with Crippen LogP contribution in [-0.2, 0) is 33.5 Å². The van der Waals surface area contributed by atoms with Crippen molar-refractivity contribution in [2.45, 2.75) is 53.8 Å². The van der Waals surface area contributed by atoms with E-state index in [1.165, 1.54) is 68.4 Å². The minimum Gasteiger partial charge on any atom is -0.480 e. The van der Waals surface area contributed by atoms with E-state index in [0.29, 0.717) is 5.56 Å². The van der Waals surface area contributed by atoms with Gasteiger partial charge in [-0.3, -0.25) is 38.4 Å². The van der Waals surface area contributed by atoms with E-state index >= 15 is 0 Å². The van der Waals surface area contributed by atoms with E-state index in [1.807, 2.05) is 0 Å². The SMILES string of the molecule is CC(=O)Oc1ccc(-c2cc(=O)c3c(OC(C)=O)cc(-c4cc([C@H]5Oc6cc(OC(C)=O)cc(OC(C)=O)c6C(=O)[C@@H]5OC(C)=O)ccc4OC(C)=O)cc3o2)cc1. The van der Waals surface area contributed by atoms with Crippen LogP contribution < -0.4 is 33.8 Å². The highest BCUT2D eigenvalue weighted by atomic mass is 16.6. The van der Waals surface area contributed by atoms with Crippen LogP contribution >= 0.6 is 0 Å². The van der Waals surface area contributed by atoms with Gasteiger partial charge in [-0.25, -0.2) is 0 Å². The maximum atomic E-state index is 14.1. The Kier molecular flexibility index (Phi) is 11.2. The van der Waals surface area contributed by atoms with Crippen molar-refractivity contribution in [2.75, 3.05) is 0 Å². The van der Waals surface area contributed by atoms with Crippen LogP contribution in [0.4, 0.5) is 0 Å². The molecule has 0 spiro atoms. The number of rotatable bonds is 9. The third kappa shape index (κ3) is 8.75. The smallest absolute Gasteiger partial charge is 0.308 e. The Morgan fingerprint density at radius 3 is 1.78 bits per heavy atom. The minimum atomic E-state index is -1.66. The summed E-state index contributed by atoms with van der Waals surface area (Å²) in [5.74, 6) is -5.70. The highest BCUT2D eigenvalue weighted by Gasteiger charge is 2.43. The number of fused-ring (bicyclic) bond motifs is 2. The van der Waals surface area contributed by atoms with Crippen LogP contribution in [0, 0.1) is 0 Å². The summed E-state index contributed by atoms with van der Waals surface area (Å²) in [6, 6.07) is 16.8. The van der Waals surface area contributed by atoms with E-state index in [-0.39, 0.29) is 73.5 Å². The fourth-order valence-electron chi connectivity index (χ4n) is 6.21. The van der Waals surface area contributed by atoms with Gasteiger partial charge >= 0.3 is 35.8 Å². The lowest BCUT2D eigenvalue weighted by atomic mass is 9.90. The highest BCUT2D eigenvalue weighted by Crippen LogP contribution is 2.46. The molecule has 0 saturated heterocycles. The van der Waals surface area contributed by atoms with Gasteiger partial charge in [0.2, 0.25) is 11.9 Å². The first kappa shape index (κ1) is 40.1. The molecule has 0 fully saturated rings. The molecule has 0 N–H and O–H groups in total. The summed E-state index contributed by atoms with van der Waals surface area (Å²) in [4.78, 5) is 100. The quantitative estimate of drug-likeness (QED) is 0.124. The van der Waals surface area contributed by atoms with Crippen molar-refractivity contribution in [3.8, 4) is 56.9 Å². The van der Waals surface area contributed by atoms with Crippen LogP contribution in [0.5, 0.6) is 34.5 Å². The Labute approximate surface area is 328 Å². The summed E-state index contributed by atoms with van der Waals surface area (Å²) in [6.45, 7) is 6.85. The van der Waals surface area contributed by atoms with Gasteiger partial charge in [-0.15, -0.1) is 0 Å². The zero-order chi connectivity index (χ0) is 42.0. The molecule has 2 atom stereocenters. The lowest BCUT2D eigenvalue weighted by molar-refractivity contribution is -0.149. The molecule has 0 unspecified atom stereocenters. The topological polar surface area (TPSA) is 214 Å². The first-order chi connectivity index (χ1) is 27.5. The van der Waals surface area contributed by atoms with Crippen molar-refractivity contribution in [3.05, 3.63) is 94.1 Å². The van der Waals surface area contributed by atoms with Crippen LogP contribution in [0.3, 0.4) is 0 Å². The predicted octanol–water partition coefficient (Wildman–Crippen LogP) is 6.00. The summed E-state index contributed by atoms with van der Waals surface area (Å²) < 4.78 is 44.5. The van der Waals surface area contributed by atoms with E-state index in [1.54, 1.807) is 12.1 Å². The monoisotopic (exact) mass is 792 g/mol. The second-order valence-electron chi connectivity index (χ2n) is 12.8.